The van der Waals surface area contributed by atoms with Crippen molar-refractivity contribution in [2.45, 2.75) is 33.1 Å². The average molecular weight is 232 g/mol. The van der Waals surface area contributed by atoms with Crippen LogP contribution in [0, 0.1) is 5.92 Å². The van der Waals surface area contributed by atoms with Crippen LogP contribution in [0.25, 0.3) is 11.0 Å². The third kappa shape index (κ3) is 2.34. The Hall–Kier alpha value is -1.35. The van der Waals surface area contributed by atoms with E-state index < -0.39 is 0 Å². The van der Waals surface area contributed by atoms with Crippen LogP contribution in [0.5, 0.6) is 0 Å². The van der Waals surface area contributed by atoms with Gasteiger partial charge in [0.1, 0.15) is 5.82 Å². The number of hydrogen-bond acceptors (Lipinski definition) is 2. The second kappa shape index (κ2) is 4.88. The van der Waals surface area contributed by atoms with Gasteiger partial charge in [-0.15, -0.1) is 0 Å². The van der Waals surface area contributed by atoms with Gasteiger partial charge in [-0.3, -0.25) is 0 Å². The van der Waals surface area contributed by atoms with Crippen LogP contribution in [-0.2, 0) is 6.42 Å². The van der Waals surface area contributed by atoms with E-state index in [1.807, 2.05) is 6.07 Å². The molecule has 0 aliphatic heterocycles. The largest absolute Gasteiger partial charge is 0.396 e. The molecule has 0 spiro atoms. The number of aliphatic hydroxyl groups excluding tert-OH is 1. The highest BCUT2D eigenvalue weighted by molar-refractivity contribution is 5.76. The number of rotatable bonds is 4. The Balaban J connectivity index is 2.42. The number of aliphatic hydroxyl groups is 1. The van der Waals surface area contributed by atoms with E-state index in [1.54, 1.807) is 0 Å². The van der Waals surface area contributed by atoms with Crippen LogP contribution in [-0.4, -0.2) is 21.7 Å². The highest BCUT2D eigenvalue weighted by atomic mass is 16.3. The molecule has 0 saturated heterocycles. The summed E-state index contributed by atoms with van der Waals surface area (Å²) in [6.45, 7) is 6.55. The van der Waals surface area contributed by atoms with Crippen molar-refractivity contribution in [3.8, 4) is 0 Å². The van der Waals surface area contributed by atoms with Gasteiger partial charge in [0.2, 0.25) is 0 Å². The zero-order chi connectivity index (χ0) is 12.4. The van der Waals surface area contributed by atoms with Crippen molar-refractivity contribution >= 4 is 11.0 Å². The lowest BCUT2D eigenvalue weighted by molar-refractivity contribution is 0.237. The second-order valence-electron chi connectivity index (χ2n) is 4.85. The smallest absolute Gasteiger partial charge is 0.106 e. The van der Waals surface area contributed by atoms with Gasteiger partial charge in [0.25, 0.3) is 0 Å². The van der Waals surface area contributed by atoms with Gasteiger partial charge in [0.15, 0.2) is 0 Å². The minimum absolute atomic E-state index is 0.192. The normalized spacial score (nSPS) is 13.5. The molecule has 1 aromatic carbocycles. The number of aromatic amines is 1. The van der Waals surface area contributed by atoms with Crippen LogP contribution in [0.1, 0.15) is 38.1 Å². The molecule has 0 amide bonds. The molecule has 17 heavy (non-hydrogen) atoms. The van der Waals surface area contributed by atoms with Crippen LogP contribution in [0.15, 0.2) is 18.2 Å². The van der Waals surface area contributed by atoms with Crippen LogP contribution in [0.4, 0.5) is 0 Å². The number of fused-ring (bicyclic) bond motifs is 1. The first kappa shape index (κ1) is 12.1. The van der Waals surface area contributed by atoms with E-state index in [4.69, 9.17) is 0 Å². The van der Waals surface area contributed by atoms with Crippen molar-refractivity contribution in [3.05, 3.63) is 29.6 Å². The third-order valence-corrected chi connectivity index (χ3v) is 3.32. The van der Waals surface area contributed by atoms with Crippen molar-refractivity contribution < 1.29 is 5.11 Å². The lowest BCUT2D eigenvalue weighted by Gasteiger charge is -2.18. The number of nitrogens with zero attached hydrogens (tertiary/aromatic N) is 1. The Morgan fingerprint density at radius 1 is 1.35 bits per heavy atom. The minimum atomic E-state index is 0.192. The molecule has 1 heterocycles. The minimum Gasteiger partial charge on any atom is -0.396 e. The molecule has 0 radical (unpaired) electrons. The van der Waals surface area contributed by atoms with Gasteiger partial charge < -0.3 is 10.1 Å². The summed E-state index contributed by atoms with van der Waals surface area (Å²) >= 11 is 0. The van der Waals surface area contributed by atoms with Gasteiger partial charge in [-0.2, -0.15) is 0 Å². The van der Waals surface area contributed by atoms with Crippen LogP contribution < -0.4 is 0 Å². The first-order chi connectivity index (χ1) is 8.15. The number of benzene rings is 1. The monoisotopic (exact) mass is 232 g/mol. The molecule has 2 rings (SSSR count). The summed E-state index contributed by atoms with van der Waals surface area (Å²) in [5, 5.41) is 9.45. The first-order valence-electron chi connectivity index (χ1n) is 6.25. The Morgan fingerprint density at radius 2 is 2.12 bits per heavy atom. The van der Waals surface area contributed by atoms with Gasteiger partial charge in [-0.1, -0.05) is 26.8 Å². The fraction of sp³-hybridized carbons (Fsp3) is 0.500. The summed E-state index contributed by atoms with van der Waals surface area (Å²) in [4.78, 5) is 7.80. The number of imidazole rings is 1. The van der Waals surface area contributed by atoms with Crippen molar-refractivity contribution in [1.29, 1.82) is 0 Å². The number of aryl methyl sites for hydroxylation is 1. The highest BCUT2D eigenvalue weighted by Crippen LogP contribution is 2.26. The molecule has 0 aliphatic carbocycles. The average Bonchev–Trinajstić information content (AvgIpc) is 2.71. The summed E-state index contributed by atoms with van der Waals surface area (Å²) in [6.07, 6.45) is 0.914. The topological polar surface area (TPSA) is 48.9 Å². The molecular weight excluding hydrogens is 212 g/mol. The zero-order valence-corrected chi connectivity index (χ0v) is 10.7. The van der Waals surface area contributed by atoms with Gasteiger partial charge >= 0.3 is 0 Å². The van der Waals surface area contributed by atoms with E-state index >= 15 is 0 Å². The third-order valence-electron chi connectivity index (χ3n) is 3.32. The molecule has 0 saturated carbocycles. The van der Waals surface area contributed by atoms with Crippen LogP contribution in [0.2, 0.25) is 0 Å². The number of H-pyrrole nitrogens is 1. The predicted molar refractivity (Wildman–Crippen MR) is 70.1 cm³/mol. The van der Waals surface area contributed by atoms with E-state index in [9.17, 15) is 5.11 Å². The predicted octanol–water partition coefficient (Wildman–Crippen LogP) is 2.86. The van der Waals surface area contributed by atoms with E-state index in [-0.39, 0.29) is 12.5 Å². The second-order valence-corrected chi connectivity index (χ2v) is 4.85. The summed E-state index contributed by atoms with van der Waals surface area (Å²) < 4.78 is 0. The maximum absolute atomic E-state index is 9.45. The molecule has 0 bridgehead atoms. The van der Waals surface area contributed by atoms with Crippen molar-refractivity contribution in [2.24, 2.45) is 5.92 Å². The fourth-order valence-corrected chi connectivity index (χ4v) is 2.18. The van der Waals surface area contributed by atoms with E-state index in [0.717, 1.165) is 23.3 Å². The Morgan fingerprint density at radius 3 is 2.71 bits per heavy atom. The van der Waals surface area contributed by atoms with Crippen molar-refractivity contribution in [2.75, 3.05) is 6.61 Å². The molecule has 3 heteroatoms. The zero-order valence-electron chi connectivity index (χ0n) is 10.7. The maximum Gasteiger partial charge on any atom is 0.106 e. The molecule has 1 atom stereocenters. The molecule has 2 aromatic rings. The first-order valence-corrected chi connectivity index (χ1v) is 6.25. The SMILES string of the molecule is CCc1nc2ccc(C(CO)C(C)C)cc2[nH]1. The molecule has 3 nitrogen and oxygen atoms in total. The number of hydrogen-bond donors (Lipinski definition) is 2. The van der Waals surface area contributed by atoms with Gasteiger partial charge in [-0.05, 0) is 23.6 Å². The molecular formula is C14H20N2O. The van der Waals surface area contributed by atoms with E-state index in [1.165, 1.54) is 5.56 Å². The summed E-state index contributed by atoms with van der Waals surface area (Å²) in [6, 6.07) is 6.22. The molecule has 2 N–H and O–H groups in total. The summed E-state index contributed by atoms with van der Waals surface area (Å²) in [5.74, 6) is 1.65. The highest BCUT2D eigenvalue weighted by Gasteiger charge is 2.15. The molecule has 92 valence electrons. The standard InChI is InChI=1S/C14H20N2O/c1-4-14-15-12-6-5-10(7-13(12)16-14)11(8-17)9(2)3/h5-7,9,11,17H,4,8H2,1-3H3,(H,15,16). The van der Waals surface area contributed by atoms with Gasteiger partial charge in [0.05, 0.1) is 17.6 Å². The van der Waals surface area contributed by atoms with Crippen LogP contribution >= 0.6 is 0 Å². The quantitative estimate of drug-likeness (QED) is 0.851. The van der Waals surface area contributed by atoms with Crippen LogP contribution in [0.3, 0.4) is 0 Å². The molecule has 0 fully saturated rings. The Kier molecular flexibility index (Phi) is 3.48. The lowest BCUT2D eigenvalue weighted by atomic mass is 9.89. The Bertz CT molecular complexity index is 502. The van der Waals surface area contributed by atoms with Crippen molar-refractivity contribution in [1.82, 2.24) is 9.97 Å². The molecule has 0 aliphatic rings. The fourth-order valence-electron chi connectivity index (χ4n) is 2.18. The maximum atomic E-state index is 9.45. The lowest BCUT2D eigenvalue weighted by Crippen LogP contribution is -2.10. The number of nitrogens with one attached hydrogen (secondary N) is 1. The van der Waals surface area contributed by atoms with E-state index in [2.05, 4.69) is 42.9 Å². The molecule has 1 aromatic heterocycles. The number of aromatic nitrogens is 2. The Labute approximate surface area is 102 Å². The van der Waals surface area contributed by atoms with E-state index in [0.29, 0.717) is 5.92 Å². The van der Waals surface area contributed by atoms with Gasteiger partial charge in [0, 0.05) is 12.3 Å². The summed E-state index contributed by atoms with van der Waals surface area (Å²) in [5.41, 5.74) is 3.26. The van der Waals surface area contributed by atoms with Gasteiger partial charge in [-0.25, -0.2) is 4.98 Å². The molecule has 1 unspecified atom stereocenters. The van der Waals surface area contributed by atoms with Crippen molar-refractivity contribution in [3.63, 3.8) is 0 Å². The summed E-state index contributed by atoms with van der Waals surface area (Å²) in [7, 11) is 0.